The molecule has 0 aliphatic carbocycles. The molecule has 0 fully saturated rings. The second kappa shape index (κ2) is 14.5. The lowest BCUT2D eigenvalue weighted by Gasteiger charge is -2.40. The molecule has 0 saturated heterocycles. The summed E-state index contributed by atoms with van der Waals surface area (Å²) in [6, 6.07) is 14.8. The Morgan fingerprint density at radius 1 is 1.05 bits per heavy atom. The molecule has 1 amide bonds. The first-order valence-electron chi connectivity index (χ1n) is 13.5. The van der Waals surface area contributed by atoms with E-state index in [1.54, 1.807) is 45.0 Å². The van der Waals surface area contributed by atoms with Gasteiger partial charge in [0.05, 0.1) is 18.1 Å². The van der Waals surface area contributed by atoms with Gasteiger partial charge in [0, 0.05) is 17.9 Å². The molecule has 0 aliphatic rings. The van der Waals surface area contributed by atoms with Gasteiger partial charge in [0.2, 0.25) is 10.0 Å². The van der Waals surface area contributed by atoms with Crippen LogP contribution in [0.15, 0.2) is 64.6 Å². The fourth-order valence-electron chi connectivity index (χ4n) is 4.40. The fourth-order valence-corrected chi connectivity index (χ4v) is 5.75. The zero-order valence-corrected chi connectivity index (χ0v) is 25.6. The fraction of sp³-hybridized carbons (Fsp3) is 0.552. The van der Waals surface area contributed by atoms with Crippen LogP contribution in [-0.4, -0.2) is 50.6 Å². The molecule has 0 aliphatic heterocycles. The minimum Gasteiger partial charge on any atom is -0.497 e. The number of carbonyl (C=O) groups excluding carboxylic acids is 1. The molecule has 0 radical (unpaired) electrons. The number of alkyl carbamates (subject to hydrolysis) is 1. The number of rotatable bonds is 15. The van der Waals surface area contributed by atoms with Crippen molar-refractivity contribution >= 4 is 16.1 Å². The van der Waals surface area contributed by atoms with Gasteiger partial charge in [0.15, 0.2) is 0 Å². The van der Waals surface area contributed by atoms with Gasteiger partial charge >= 0.3 is 6.09 Å². The monoisotopic (exact) mass is 589 g/mol. The lowest BCUT2D eigenvalue weighted by atomic mass is 9.80. The summed E-state index contributed by atoms with van der Waals surface area (Å²) >= 11 is 0. The van der Waals surface area contributed by atoms with Crippen LogP contribution >= 0.6 is 0 Å². The van der Waals surface area contributed by atoms with E-state index in [9.17, 15) is 18.3 Å². The summed E-state index contributed by atoms with van der Waals surface area (Å²) in [5.41, 5.74) is 6.25. The van der Waals surface area contributed by atoms with Gasteiger partial charge in [-0.25, -0.2) is 13.2 Å². The first kappa shape index (κ1) is 33.9. The normalized spacial score (nSPS) is 14.3. The summed E-state index contributed by atoms with van der Waals surface area (Å²) in [4.78, 5) is 15.9. The molecule has 0 spiro atoms. The Hall–Kier alpha value is -3.31. The summed E-state index contributed by atoms with van der Waals surface area (Å²) in [7, 11) is -2.78. The Labute approximate surface area is 243 Å². The molecule has 0 saturated carbocycles. The van der Waals surface area contributed by atoms with Crippen LogP contribution in [0.2, 0.25) is 0 Å². The van der Waals surface area contributed by atoms with Crippen molar-refractivity contribution in [3.63, 3.8) is 0 Å². The average Bonchev–Trinajstić information content (AvgIpc) is 2.89. The summed E-state index contributed by atoms with van der Waals surface area (Å²) in [5, 5.41) is 18.0. The number of methoxy groups -OCH3 is 1. The summed E-state index contributed by atoms with van der Waals surface area (Å²) in [6.07, 6.45) is -0.229. The quantitative estimate of drug-likeness (QED) is 0.0794. The van der Waals surface area contributed by atoms with Gasteiger partial charge in [0.25, 0.3) is 0 Å². The van der Waals surface area contributed by atoms with Crippen molar-refractivity contribution in [2.24, 2.45) is 10.5 Å². The van der Waals surface area contributed by atoms with Crippen LogP contribution in [0.4, 0.5) is 4.79 Å². The van der Waals surface area contributed by atoms with Gasteiger partial charge in [-0.15, -0.1) is 0 Å². The van der Waals surface area contributed by atoms with Crippen LogP contribution < -0.4 is 14.8 Å². The number of nitrogens with zero attached hydrogens (tertiary/aromatic N) is 3. The molecule has 0 aromatic heterocycles. The van der Waals surface area contributed by atoms with E-state index in [1.807, 2.05) is 19.9 Å². The lowest BCUT2D eigenvalue weighted by molar-refractivity contribution is 0.00956. The highest BCUT2D eigenvalue weighted by Crippen LogP contribution is 2.32. The maximum absolute atomic E-state index is 13.7. The van der Waals surface area contributed by atoms with Crippen molar-refractivity contribution < 1.29 is 27.8 Å². The van der Waals surface area contributed by atoms with E-state index in [-0.39, 0.29) is 23.2 Å². The maximum Gasteiger partial charge on any atom is 0.409 e. The van der Waals surface area contributed by atoms with Gasteiger partial charge in [-0.2, -0.15) is 4.72 Å². The Bertz CT molecular complexity index is 1270. The van der Waals surface area contributed by atoms with Crippen molar-refractivity contribution in [1.29, 1.82) is 0 Å². The molecule has 12 heteroatoms. The van der Waals surface area contributed by atoms with Crippen molar-refractivity contribution in [1.82, 2.24) is 10.0 Å². The molecule has 2 atom stereocenters. The van der Waals surface area contributed by atoms with Gasteiger partial charge in [-0.3, -0.25) is 5.32 Å². The molecule has 226 valence electrons. The molecule has 2 unspecified atom stereocenters. The summed E-state index contributed by atoms with van der Waals surface area (Å²) in [5.74, 6) is 0.481. The number of hydrogen-bond donors (Lipinski definition) is 3. The maximum atomic E-state index is 13.7. The van der Waals surface area contributed by atoms with Crippen molar-refractivity contribution in [2.75, 3.05) is 13.7 Å². The number of benzene rings is 2. The summed E-state index contributed by atoms with van der Waals surface area (Å²) in [6.45, 7) is 9.50. The zero-order chi connectivity index (χ0) is 30.7. The van der Waals surface area contributed by atoms with Gasteiger partial charge in [-0.1, -0.05) is 49.3 Å². The van der Waals surface area contributed by atoms with Crippen LogP contribution in [0.3, 0.4) is 0 Å². The molecular formula is C29H43N5O6S. The van der Waals surface area contributed by atoms with E-state index in [4.69, 9.17) is 15.0 Å². The van der Waals surface area contributed by atoms with E-state index in [1.165, 1.54) is 31.4 Å². The first-order valence-corrected chi connectivity index (χ1v) is 15.0. The minimum absolute atomic E-state index is 0.0546. The molecule has 3 N–H and O–H groups in total. The third-order valence-electron chi connectivity index (χ3n) is 6.57. The third-order valence-corrected chi connectivity index (χ3v) is 8.10. The van der Waals surface area contributed by atoms with Crippen LogP contribution in [0.1, 0.15) is 65.9 Å². The Morgan fingerprint density at radius 3 is 2.24 bits per heavy atom. The number of nitrogens with one attached hydrogen (secondary N) is 2. The average molecular weight is 590 g/mol. The largest absolute Gasteiger partial charge is 0.497 e. The zero-order valence-electron chi connectivity index (χ0n) is 24.8. The predicted molar refractivity (Wildman–Crippen MR) is 158 cm³/mol. The van der Waals surface area contributed by atoms with Crippen LogP contribution in [0.25, 0.3) is 10.4 Å². The van der Waals surface area contributed by atoms with Crippen LogP contribution in [0, 0.1) is 5.41 Å². The molecular weight excluding hydrogens is 546 g/mol. The number of aliphatic hydroxyl groups is 1. The van der Waals surface area contributed by atoms with E-state index in [0.29, 0.717) is 30.7 Å². The van der Waals surface area contributed by atoms with E-state index in [2.05, 4.69) is 20.1 Å². The van der Waals surface area contributed by atoms with Crippen LogP contribution in [-0.2, 0) is 21.2 Å². The van der Waals surface area contributed by atoms with Crippen LogP contribution in [0.5, 0.6) is 5.75 Å². The molecule has 2 rings (SSSR count). The van der Waals surface area contributed by atoms with E-state index in [0.717, 1.165) is 6.42 Å². The molecule has 0 bridgehead atoms. The number of hydrogen-bond acceptors (Lipinski definition) is 7. The topological polar surface area (TPSA) is 163 Å². The summed E-state index contributed by atoms with van der Waals surface area (Å²) < 4.78 is 40.7. The number of ether oxygens (including phenoxy) is 2. The van der Waals surface area contributed by atoms with E-state index < -0.39 is 33.5 Å². The Kier molecular flexibility index (Phi) is 12.0. The number of aliphatic hydroxyl groups excluding tert-OH is 1. The van der Waals surface area contributed by atoms with Gasteiger partial charge < -0.3 is 14.6 Å². The molecule has 2 aromatic rings. The first-order chi connectivity index (χ1) is 19.1. The molecule has 11 nitrogen and oxygen atoms in total. The van der Waals surface area contributed by atoms with Crippen molar-refractivity contribution in [3.05, 3.63) is 70.6 Å². The number of amides is 1. The smallest absolute Gasteiger partial charge is 0.409 e. The van der Waals surface area contributed by atoms with Gasteiger partial charge in [-0.05, 0) is 87.2 Å². The second-order valence-corrected chi connectivity index (χ2v) is 13.5. The highest BCUT2D eigenvalue weighted by molar-refractivity contribution is 7.89. The van der Waals surface area contributed by atoms with Crippen molar-refractivity contribution in [3.8, 4) is 5.75 Å². The number of carbonyl (C=O) groups is 1. The third kappa shape index (κ3) is 11.2. The molecule has 2 aromatic carbocycles. The van der Waals surface area contributed by atoms with Gasteiger partial charge in [0.1, 0.15) is 17.0 Å². The molecule has 41 heavy (non-hydrogen) atoms. The van der Waals surface area contributed by atoms with E-state index >= 15 is 0 Å². The highest BCUT2D eigenvalue weighted by atomic mass is 32.2. The number of azide groups is 1. The lowest BCUT2D eigenvalue weighted by Crippen LogP contribution is -2.68. The predicted octanol–water partition coefficient (Wildman–Crippen LogP) is 5.70. The second-order valence-electron chi connectivity index (χ2n) is 11.8. The SMILES string of the molecule is COc1ccc(S(=O)(=O)NC(Cc2ccccc2)(NC(=O)OC(C)(C)C)C(O)CCC(C)(C)CCCN=[N+]=[N-])cc1. The Morgan fingerprint density at radius 2 is 1.68 bits per heavy atom. The molecule has 0 heterocycles. The van der Waals surface area contributed by atoms with Crippen molar-refractivity contribution in [2.45, 2.75) is 89.0 Å². The number of sulfonamides is 1. The Balaban J connectivity index is 2.51. The highest BCUT2D eigenvalue weighted by Gasteiger charge is 2.44. The minimum atomic E-state index is -4.25. The standard InChI is InChI=1S/C29H43N5O6S/c1-27(2,3)40-26(36)32-29(21-22-11-8-7-9-12-22,25(35)17-19-28(4,5)18-10-20-31-34-30)33-41(37,38)24-15-13-23(39-6)14-16-24/h7-9,11-16,25,33,35H,10,17-21H2,1-6H3,(H,32,36).